The number of piperazine rings is 1. The molecule has 1 N–H and O–H groups in total. The summed E-state index contributed by atoms with van der Waals surface area (Å²) in [7, 11) is 0. The maximum Gasteiger partial charge on any atom is 0.0223 e. The minimum atomic E-state index is 0.723. The van der Waals surface area contributed by atoms with Gasteiger partial charge in [0.15, 0.2) is 0 Å². The van der Waals surface area contributed by atoms with Gasteiger partial charge < -0.3 is 5.32 Å². The molecular weight excluding hydrogens is 246 g/mol. The molecule has 1 heterocycles. The van der Waals surface area contributed by atoms with E-state index in [0.29, 0.717) is 0 Å². The lowest BCUT2D eigenvalue weighted by molar-refractivity contribution is 0.0723. The minimum absolute atomic E-state index is 0.723. The summed E-state index contributed by atoms with van der Waals surface area (Å²) >= 11 is 0. The first kappa shape index (κ1) is 16.3. The highest BCUT2D eigenvalue weighted by atomic mass is 15.3. The fourth-order valence-electron chi connectivity index (χ4n) is 4.16. The third kappa shape index (κ3) is 4.44. The molecule has 1 aliphatic carbocycles. The lowest BCUT2D eigenvalue weighted by Gasteiger charge is -2.42. The summed E-state index contributed by atoms with van der Waals surface area (Å²) in [6.07, 6.45) is 7.25. The van der Waals surface area contributed by atoms with Crippen molar-refractivity contribution in [1.82, 2.24) is 15.1 Å². The molecule has 118 valence electrons. The predicted octanol–water partition coefficient (Wildman–Crippen LogP) is 2.57. The summed E-state index contributed by atoms with van der Waals surface area (Å²) < 4.78 is 0. The largest absolute Gasteiger partial charge is 0.313 e. The second kappa shape index (κ2) is 8.35. The van der Waals surface area contributed by atoms with Crippen molar-refractivity contribution in [3.63, 3.8) is 0 Å². The van der Waals surface area contributed by atoms with E-state index in [1.165, 1.54) is 64.8 Å². The van der Waals surface area contributed by atoms with E-state index in [1.54, 1.807) is 0 Å². The maximum absolute atomic E-state index is 3.78. The Morgan fingerprint density at radius 2 is 1.85 bits per heavy atom. The molecule has 2 fully saturated rings. The maximum atomic E-state index is 3.78. The van der Waals surface area contributed by atoms with Gasteiger partial charge in [-0.25, -0.2) is 0 Å². The molecule has 1 saturated heterocycles. The van der Waals surface area contributed by atoms with Crippen LogP contribution < -0.4 is 5.32 Å². The SMILES string of the molecule is CCNC(CN1CCN(CC)C(C)C1)C1CCCCC1. The summed E-state index contributed by atoms with van der Waals surface area (Å²) in [5, 5.41) is 3.78. The summed E-state index contributed by atoms with van der Waals surface area (Å²) in [6, 6.07) is 1.45. The van der Waals surface area contributed by atoms with Gasteiger partial charge in [0.2, 0.25) is 0 Å². The molecule has 2 rings (SSSR count). The van der Waals surface area contributed by atoms with Crippen molar-refractivity contribution in [2.24, 2.45) is 5.92 Å². The van der Waals surface area contributed by atoms with Crippen LogP contribution in [0.3, 0.4) is 0 Å². The van der Waals surface area contributed by atoms with E-state index in [0.717, 1.165) is 24.5 Å². The molecule has 20 heavy (non-hydrogen) atoms. The number of hydrogen-bond acceptors (Lipinski definition) is 3. The van der Waals surface area contributed by atoms with Crippen LogP contribution in [0.1, 0.15) is 52.9 Å². The van der Waals surface area contributed by atoms with Crippen molar-refractivity contribution in [3.05, 3.63) is 0 Å². The zero-order chi connectivity index (χ0) is 14.4. The summed E-state index contributed by atoms with van der Waals surface area (Å²) in [5.74, 6) is 0.920. The molecule has 0 aromatic heterocycles. The molecule has 2 aliphatic rings. The smallest absolute Gasteiger partial charge is 0.0223 e. The zero-order valence-electron chi connectivity index (χ0n) is 13.9. The zero-order valence-corrected chi connectivity index (χ0v) is 13.9. The Balaban J connectivity index is 1.84. The lowest BCUT2D eigenvalue weighted by Crippen LogP contribution is -2.55. The minimum Gasteiger partial charge on any atom is -0.313 e. The number of likely N-dealkylation sites (N-methyl/N-ethyl adjacent to an activating group) is 2. The molecule has 3 heteroatoms. The first-order chi connectivity index (χ1) is 9.74. The normalized spacial score (nSPS) is 28.6. The Labute approximate surface area is 126 Å². The predicted molar refractivity (Wildman–Crippen MR) is 87.2 cm³/mol. The van der Waals surface area contributed by atoms with Crippen LogP contribution in [-0.4, -0.2) is 61.2 Å². The van der Waals surface area contributed by atoms with Gasteiger partial charge in [-0.3, -0.25) is 9.80 Å². The van der Waals surface area contributed by atoms with Crippen LogP contribution in [0.15, 0.2) is 0 Å². The van der Waals surface area contributed by atoms with Crippen molar-refractivity contribution in [2.45, 2.75) is 65.0 Å². The van der Waals surface area contributed by atoms with Gasteiger partial charge in [0.25, 0.3) is 0 Å². The Morgan fingerprint density at radius 3 is 2.45 bits per heavy atom. The van der Waals surface area contributed by atoms with Gasteiger partial charge in [-0.15, -0.1) is 0 Å². The van der Waals surface area contributed by atoms with Gasteiger partial charge in [0, 0.05) is 38.3 Å². The standard InChI is InChI=1S/C17H35N3/c1-4-18-17(16-9-7-6-8-10-16)14-19-11-12-20(5-2)15(3)13-19/h15-18H,4-14H2,1-3H3. The highest BCUT2D eigenvalue weighted by Gasteiger charge is 2.28. The Morgan fingerprint density at radius 1 is 1.10 bits per heavy atom. The van der Waals surface area contributed by atoms with Crippen LogP contribution in [0.5, 0.6) is 0 Å². The summed E-state index contributed by atoms with van der Waals surface area (Å²) in [5.41, 5.74) is 0. The molecule has 1 aliphatic heterocycles. The second-order valence-electron chi connectivity index (χ2n) is 6.80. The quantitative estimate of drug-likeness (QED) is 0.807. The second-order valence-corrected chi connectivity index (χ2v) is 6.80. The van der Waals surface area contributed by atoms with E-state index in [9.17, 15) is 0 Å². The number of nitrogens with zero attached hydrogens (tertiary/aromatic N) is 2. The van der Waals surface area contributed by atoms with Crippen LogP contribution in [-0.2, 0) is 0 Å². The average Bonchev–Trinajstić information content (AvgIpc) is 2.48. The summed E-state index contributed by atoms with van der Waals surface area (Å²) in [4.78, 5) is 5.32. The molecule has 2 atom stereocenters. The molecular formula is C17H35N3. The first-order valence-electron chi connectivity index (χ1n) is 8.94. The van der Waals surface area contributed by atoms with Crippen LogP contribution >= 0.6 is 0 Å². The third-order valence-corrected chi connectivity index (χ3v) is 5.40. The van der Waals surface area contributed by atoms with Crippen molar-refractivity contribution in [3.8, 4) is 0 Å². The van der Waals surface area contributed by atoms with Crippen LogP contribution in [0.25, 0.3) is 0 Å². The van der Waals surface area contributed by atoms with E-state index in [1.807, 2.05) is 0 Å². The molecule has 0 radical (unpaired) electrons. The molecule has 0 bridgehead atoms. The number of nitrogens with one attached hydrogen (secondary N) is 1. The molecule has 0 amide bonds. The average molecular weight is 281 g/mol. The van der Waals surface area contributed by atoms with Gasteiger partial charge in [0.1, 0.15) is 0 Å². The van der Waals surface area contributed by atoms with Crippen LogP contribution in [0.4, 0.5) is 0 Å². The molecule has 0 spiro atoms. The topological polar surface area (TPSA) is 18.5 Å². The van der Waals surface area contributed by atoms with Gasteiger partial charge >= 0.3 is 0 Å². The van der Waals surface area contributed by atoms with E-state index < -0.39 is 0 Å². The Hall–Kier alpha value is -0.120. The van der Waals surface area contributed by atoms with Crippen LogP contribution in [0, 0.1) is 5.92 Å². The fourth-order valence-corrected chi connectivity index (χ4v) is 4.16. The van der Waals surface area contributed by atoms with Crippen molar-refractivity contribution in [1.29, 1.82) is 0 Å². The molecule has 3 nitrogen and oxygen atoms in total. The number of rotatable bonds is 6. The Bertz CT molecular complexity index is 263. The molecule has 1 saturated carbocycles. The van der Waals surface area contributed by atoms with Crippen molar-refractivity contribution in [2.75, 3.05) is 39.3 Å². The molecule has 0 aromatic rings. The van der Waals surface area contributed by atoms with Gasteiger partial charge in [-0.05, 0) is 38.8 Å². The third-order valence-electron chi connectivity index (χ3n) is 5.40. The fraction of sp³-hybridized carbons (Fsp3) is 1.00. The van der Waals surface area contributed by atoms with E-state index in [-0.39, 0.29) is 0 Å². The lowest BCUT2D eigenvalue weighted by atomic mass is 9.83. The van der Waals surface area contributed by atoms with Crippen molar-refractivity contribution >= 4 is 0 Å². The Kier molecular flexibility index (Phi) is 6.79. The van der Waals surface area contributed by atoms with Gasteiger partial charge in [-0.1, -0.05) is 33.1 Å². The van der Waals surface area contributed by atoms with E-state index in [4.69, 9.17) is 0 Å². The highest BCUT2D eigenvalue weighted by Crippen LogP contribution is 2.27. The van der Waals surface area contributed by atoms with Crippen LogP contribution in [0.2, 0.25) is 0 Å². The molecule has 0 aromatic carbocycles. The monoisotopic (exact) mass is 281 g/mol. The van der Waals surface area contributed by atoms with E-state index in [2.05, 4.69) is 35.9 Å². The van der Waals surface area contributed by atoms with Gasteiger partial charge in [0.05, 0.1) is 0 Å². The first-order valence-corrected chi connectivity index (χ1v) is 8.94. The molecule has 2 unspecified atom stereocenters. The highest BCUT2D eigenvalue weighted by molar-refractivity contribution is 4.85. The van der Waals surface area contributed by atoms with E-state index >= 15 is 0 Å². The number of hydrogen-bond donors (Lipinski definition) is 1. The van der Waals surface area contributed by atoms with Gasteiger partial charge in [-0.2, -0.15) is 0 Å². The summed E-state index contributed by atoms with van der Waals surface area (Å²) in [6.45, 7) is 14.3. The van der Waals surface area contributed by atoms with Crippen molar-refractivity contribution < 1.29 is 0 Å².